The third kappa shape index (κ3) is 3.65. The number of rotatable bonds is 6. The van der Waals surface area contributed by atoms with Crippen LogP contribution in [0.3, 0.4) is 0 Å². The molecule has 0 aliphatic rings. The largest absolute Gasteiger partial charge is 0.385 e. The van der Waals surface area contributed by atoms with E-state index >= 15 is 0 Å². The number of nitrogens with one attached hydrogen (secondary N) is 1. The van der Waals surface area contributed by atoms with E-state index in [1.807, 2.05) is 19.1 Å². The predicted molar refractivity (Wildman–Crippen MR) is 69.2 cm³/mol. The Morgan fingerprint density at radius 3 is 2.75 bits per heavy atom. The van der Waals surface area contributed by atoms with Crippen molar-refractivity contribution in [2.75, 3.05) is 11.9 Å². The topological polar surface area (TPSA) is 41.5 Å². The van der Waals surface area contributed by atoms with Crippen LogP contribution in [0.15, 0.2) is 23.4 Å². The molecular weight excluding hydrogens is 200 g/mol. The van der Waals surface area contributed by atoms with Gasteiger partial charge in [-0.15, -0.1) is 4.91 Å². The zero-order chi connectivity index (χ0) is 12.0. The summed E-state index contributed by atoms with van der Waals surface area (Å²) in [5.41, 5.74) is 2.50. The molecule has 1 N–H and O–H groups in total. The lowest BCUT2D eigenvalue weighted by Crippen LogP contribution is -2.06. The van der Waals surface area contributed by atoms with Gasteiger partial charge in [0.05, 0.1) is 0 Å². The lowest BCUT2D eigenvalue weighted by atomic mass is 10.1. The molecule has 1 atom stereocenters. The highest BCUT2D eigenvalue weighted by Crippen LogP contribution is 2.22. The molecule has 0 saturated heterocycles. The summed E-state index contributed by atoms with van der Waals surface area (Å²) in [4.78, 5) is 10.4. The normalized spacial score (nSPS) is 12.2. The Morgan fingerprint density at radius 1 is 1.44 bits per heavy atom. The summed E-state index contributed by atoms with van der Waals surface area (Å²) in [6, 6.07) is 5.63. The zero-order valence-corrected chi connectivity index (χ0v) is 10.3. The molecule has 0 aliphatic heterocycles. The van der Waals surface area contributed by atoms with Gasteiger partial charge in [-0.05, 0) is 48.2 Å². The number of anilines is 1. The minimum atomic E-state index is 0.521. The predicted octanol–water partition coefficient (Wildman–Crippen LogP) is 4.24. The summed E-state index contributed by atoms with van der Waals surface area (Å²) in [5, 5.41) is 6.31. The number of hydrogen-bond acceptors (Lipinski definition) is 3. The fourth-order valence-electron chi connectivity index (χ4n) is 1.53. The summed E-state index contributed by atoms with van der Waals surface area (Å²) in [6.45, 7) is 7.34. The molecule has 0 aliphatic carbocycles. The average Bonchev–Trinajstić information content (AvgIpc) is 2.29. The first kappa shape index (κ1) is 12.7. The van der Waals surface area contributed by atoms with Gasteiger partial charge < -0.3 is 5.32 Å². The third-order valence-corrected chi connectivity index (χ3v) is 2.96. The standard InChI is InChI=1S/C13H20N2O/c1-4-10(2)7-8-14-12-5-6-13(15-16)11(3)9-12/h5-6,9-10,14H,4,7-8H2,1-3H3. The van der Waals surface area contributed by atoms with Gasteiger partial charge >= 0.3 is 0 Å². The molecule has 0 saturated carbocycles. The summed E-state index contributed by atoms with van der Waals surface area (Å²) in [5.74, 6) is 0.754. The second-order valence-corrected chi connectivity index (χ2v) is 4.32. The van der Waals surface area contributed by atoms with Crippen LogP contribution in [-0.4, -0.2) is 6.54 Å². The quantitative estimate of drug-likeness (QED) is 0.728. The fraction of sp³-hybridized carbons (Fsp3) is 0.538. The first-order valence-corrected chi connectivity index (χ1v) is 5.85. The number of aryl methyl sites for hydroxylation is 1. The fourth-order valence-corrected chi connectivity index (χ4v) is 1.53. The zero-order valence-electron chi connectivity index (χ0n) is 10.3. The Hall–Kier alpha value is -1.38. The van der Waals surface area contributed by atoms with E-state index in [9.17, 15) is 4.91 Å². The molecule has 0 spiro atoms. The summed E-state index contributed by atoms with van der Waals surface area (Å²) in [7, 11) is 0. The van der Waals surface area contributed by atoms with Gasteiger partial charge in [-0.25, -0.2) is 0 Å². The third-order valence-electron chi connectivity index (χ3n) is 2.96. The molecule has 1 aromatic rings. The molecule has 0 fully saturated rings. The van der Waals surface area contributed by atoms with Crippen LogP contribution in [0.2, 0.25) is 0 Å². The molecule has 0 radical (unpaired) electrons. The highest BCUT2D eigenvalue weighted by molar-refractivity contribution is 5.56. The summed E-state index contributed by atoms with van der Waals surface area (Å²) in [6.07, 6.45) is 2.39. The second kappa shape index (κ2) is 6.26. The minimum absolute atomic E-state index is 0.521. The molecule has 88 valence electrons. The van der Waals surface area contributed by atoms with Gasteiger partial charge in [0.15, 0.2) is 0 Å². The molecule has 0 bridgehead atoms. The smallest absolute Gasteiger partial charge is 0.111 e. The van der Waals surface area contributed by atoms with E-state index < -0.39 is 0 Å². The molecule has 0 aromatic heterocycles. The first-order valence-electron chi connectivity index (χ1n) is 5.85. The molecular formula is C13H20N2O. The number of nitrogens with zero attached hydrogens (tertiary/aromatic N) is 1. The minimum Gasteiger partial charge on any atom is -0.385 e. The van der Waals surface area contributed by atoms with E-state index in [0.29, 0.717) is 5.69 Å². The highest BCUT2D eigenvalue weighted by atomic mass is 16.3. The van der Waals surface area contributed by atoms with Crippen molar-refractivity contribution >= 4 is 11.4 Å². The number of hydrogen-bond donors (Lipinski definition) is 1. The van der Waals surface area contributed by atoms with Crippen LogP contribution in [0.4, 0.5) is 11.4 Å². The molecule has 1 rings (SSSR count). The van der Waals surface area contributed by atoms with E-state index in [2.05, 4.69) is 24.3 Å². The molecule has 0 heterocycles. The van der Waals surface area contributed by atoms with Crippen molar-refractivity contribution in [2.24, 2.45) is 11.1 Å². The molecule has 1 aromatic carbocycles. The van der Waals surface area contributed by atoms with Gasteiger partial charge in [0, 0.05) is 12.2 Å². The monoisotopic (exact) mass is 220 g/mol. The van der Waals surface area contributed by atoms with Crippen LogP contribution < -0.4 is 5.32 Å². The Morgan fingerprint density at radius 2 is 2.19 bits per heavy atom. The van der Waals surface area contributed by atoms with Gasteiger partial charge in [0.25, 0.3) is 0 Å². The molecule has 0 amide bonds. The lowest BCUT2D eigenvalue weighted by molar-refractivity contribution is 0.532. The van der Waals surface area contributed by atoms with Gasteiger partial charge in [-0.1, -0.05) is 20.3 Å². The van der Waals surface area contributed by atoms with Crippen LogP contribution in [0.25, 0.3) is 0 Å². The SMILES string of the molecule is CCC(C)CCNc1ccc(N=O)c(C)c1. The van der Waals surface area contributed by atoms with Crippen LogP contribution in [-0.2, 0) is 0 Å². The number of nitroso groups, excluding NO2 is 1. The maximum absolute atomic E-state index is 10.4. The maximum atomic E-state index is 10.4. The number of benzene rings is 1. The van der Waals surface area contributed by atoms with E-state index in [0.717, 1.165) is 23.7 Å². The molecule has 1 unspecified atom stereocenters. The van der Waals surface area contributed by atoms with Crippen molar-refractivity contribution in [3.63, 3.8) is 0 Å². The highest BCUT2D eigenvalue weighted by Gasteiger charge is 2.01. The van der Waals surface area contributed by atoms with Crippen LogP contribution in [0.1, 0.15) is 32.3 Å². The van der Waals surface area contributed by atoms with Gasteiger partial charge in [-0.2, -0.15) is 0 Å². The van der Waals surface area contributed by atoms with Crippen LogP contribution >= 0.6 is 0 Å². The van der Waals surface area contributed by atoms with E-state index in [4.69, 9.17) is 0 Å². The lowest BCUT2D eigenvalue weighted by Gasteiger charge is -2.11. The molecule has 3 nitrogen and oxygen atoms in total. The summed E-state index contributed by atoms with van der Waals surface area (Å²) >= 11 is 0. The van der Waals surface area contributed by atoms with Crippen molar-refractivity contribution in [3.8, 4) is 0 Å². The Kier molecular flexibility index (Phi) is 4.96. The average molecular weight is 220 g/mol. The second-order valence-electron chi connectivity index (χ2n) is 4.32. The van der Waals surface area contributed by atoms with Crippen molar-refractivity contribution in [1.29, 1.82) is 0 Å². The van der Waals surface area contributed by atoms with Gasteiger partial charge in [-0.3, -0.25) is 0 Å². The van der Waals surface area contributed by atoms with Crippen molar-refractivity contribution in [1.82, 2.24) is 0 Å². The summed E-state index contributed by atoms with van der Waals surface area (Å²) < 4.78 is 0. The van der Waals surface area contributed by atoms with E-state index in [1.165, 1.54) is 12.8 Å². The Bertz CT molecular complexity index is 350. The molecule has 16 heavy (non-hydrogen) atoms. The van der Waals surface area contributed by atoms with Crippen molar-refractivity contribution < 1.29 is 0 Å². The Labute approximate surface area is 97.2 Å². The van der Waals surface area contributed by atoms with E-state index in [-0.39, 0.29) is 0 Å². The van der Waals surface area contributed by atoms with Gasteiger partial charge in [0.1, 0.15) is 5.69 Å². The van der Waals surface area contributed by atoms with E-state index in [1.54, 1.807) is 6.07 Å². The Balaban J connectivity index is 2.49. The maximum Gasteiger partial charge on any atom is 0.111 e. The van der Waals surface area contributed by atoms with Crippen LogP contribution in [0, 0.1) is 17.7 Å². The van der Waals surface area contributed by atoms with Crippen LogP contribution in [0.5, 0.6) is 0 Å². The van der Waals surface area contributed by atoms with Gasteiger partial charge in [0.2, 0.25) is 0 Å². The van der Waals surface area contributed by atoms with Crippen molar-refractivity contribution in [2.45, 2.75) is 33.6 Å². The molecule has 3 heteroatoms. The first-order chi connectivity index (χ1) is 7.67. The van der Waals surface area contributed by atoms with Crippen molar-refractivity contribution in [3.05, 3.63) is 28.7 Å².